The first kappa shape index (κ1) is 12.9. The van der Waals surface area contributed by atoms with Gasteiger partial charge in [-0.25, -0.2) is 0 Å². The highest BCUT2D eigenvalue weighted by molar-refractivity contribution is 7.26. The molecule has 2 heterocycles. The first-order chi connectivity index (χ1) is 11.2. The fourth-order valence-electron chi connectivity index (χ4n) is 3.55. The number of rotatable bonds is 0. The molecule has 23 heavy (non-hydrogen) atoms. The Morgan fingerprint density at radius 1 is 0.870 bits per heavy atom. The van der Waals surface area contributed by atoms with Gasteiger partial charge in [0.15, 0.2) is 0 Å². The number of nitrogens with one attached hydrogen (secondary N) is 1. The Bertz CT molecular complexity index is 1290. The molecule has 0 fully saturated rings. The molecule has 0 bridgehead atoms. The number of hydrogen-bond donors (Lipinski definition) is 1. The van der Waals surface area contributed by atoms with E-state index in [0.717, 1.165) is 21.0 Å². The summed E-state index contributed by atoms with van der Waals surface area (Å²) in [7, 11) is 0. The lowest BCUT2D eigenvalue weighted by molar-refractivity contribution is 1.35. The van der Waals surface area contributed by atoms with Crippen molar-refractivity contribution in [1.82, 2.24) is 4.98 Å². The minimum atomic E-state index is 0.00313. The third-order valence-corrected chi connectivity index (χ3v) is 5.71. The van der Waals surface area contributed by atoms with Crippen molar-refractivity contribution >= 4 is 53.2 Å². The molecule has 5 aromatic rings. The number of fused-ring (bicyclic) bond motifs is 7. The molecule has 0 saturated carbocycles. The van der Waals surface area contributed by atoms with Crippen LogP contribution in [0.1, 0.15) is 5.56 Å². The molecule has 5 rings (SSSR count). The van der Waals surface area contributed by atoms with E-state index < -0.39 is 0 Å². The molecule has 0 aliphatic carbocycles. The van der Waals surface area contributed by atoms with Gasteiger partial charge in [0.2, 0.25) is 0 Å². The van der Waals surface area contributed by atoms with Crippen LogP contribution in [0.4, 0.5) is 0 Å². The second-order valence-electron chi connectivity index (χ2n) is 5.92. The maximum absolute atomic E-state index is 12.6. The highest BCUT2D eigenvalue weighted by Crippen LogP contribution is 2.40. The molecule has 1 N–H and O–H groups in total. The maximum Gasteiger partial charge on any atom is 0.266 e. The summed E-state index contributed by atoms with van der Waals surface area (Å²) in [6.07, 6.45) is 0. The largest absolute Gasteiger partial charge is 0.321 e. The van der Waals surface area contributed by atoms with Gasteiger partial charge < -0.3 is 4.98 Å². The third-order valence-electron chi connectivity index (χ3n) is 4.56. The zero-order valence-corrected chi connectivity index (χ0v) is 13.3. The molecule has 2 aromatic heterocycles. The predicted octanol–water partition coefficient (Wildman–Crippen LogP) is 5.36. The van der Waals surface area contributed by atoms with Crippen molar-refractivity contribution in [3.63, 3.8) is 0 Å². The quantitative estimate of drug-likeness (QED) is 0.410. The summed E-state index contributed by atoms with van der Waals surface area (Å²) in [6.45, 7) is 2.11. The van der Waals surface area contributed by atoms with Crippen molar-refractivity contribution in [2.24, 2.45) is 0 Å². The van der Waals surface area contributed by atoms with Crippen LogP contribution in [0.2, 0.25) is 0 Å². The summed E-state index contributed by atoms with van der Waals surface area (Å²) in [5.74, 6) is 0. The summed E-state index contributed by atoms with van der Waals surface area (Å²) in [6, 6.07) is 18.7. The number of thiophene rings is 1. The maximum atomic E-state index is 12.6. The first-order valence-electron chi connectivity index (χ1n) is 7.59. The van der Waals surface area contributed by atoms with Gasteiger partial charge in [-0.05, 0) is 35.4 Å². The van der Waals surface area contributed by atoms with Gasteiger partial charge in [0.1, 0.15) is 4.70 Å². The van der Waals surface area contributed by atoms with Crippen molar-refractivity contribution < 1.29 is 0 Å². The Hall–Kier alpha value is -2.65. The van der Waals surface area contributed by atoms with Crippen molar-refractivity contribution in [3.05, 3.63) is 70.5 Å². The standard InChI is InChI=1S/C20H13NOS/c1-11-5-4-8-14-16(11)18-17-13-7-3-2-6-12(13)9-10-15(17)23-19(18)20(22)21-14/h2-10H,1H3,(H,21,22). The number of hydrogen-bond acceptors (Lipinski definition) is 2. The Balaban J connectivity index is 2.24. The van der Waals surface area contributed by atoms with Crippen molar-refractivity contribution in [2.45, 2.75) is 6.92 Å². The van der Waals surface area contributed by atoms with E-state index in [1.165, 1.54) is 26.4 Å². The molecule has 0 radical (unpaired) electrons. The molecule has 3 heteroatoms. The predicted molar refractivity (Wildman–Crippen MR) is 99.7 cm³/mol. The van der Waals surface area contributed by atoms with Crippen LogP contribution in [-0.2, 0) is 0 Å². The zero-order valence-electron chi connectivity index (χ0n) is 12.5. The number of pyridine rings is 1. The summed E-state index contributed by atoms with van der Waals surface area (Å²) < 4.78 is 1.98. The number of aryl methyl sites for hydroxylation is 1. The minimum absolute atomic E-state index is 0.00313. The first-order valence-corrected chi connectivity index (χ1v) is 8.41. The Kier molecular flexibility index (Phi) is 2.48. The van der Waals surface area contributed by atoms with E-state index in [1.807, 2.05) is 12.1 Å². The van der Waals surface area contributed by atoms with Crippen LogP contribution in [0, 0.1) is 6.92 Å². The average Bonchev–Trinajstić information content (AvgIpc) is 2.95. The molecule has 3 aromatic carbocycles. The topological polar surface area (TPSA) is 32.9 Å². The molecule has 0 aliphatic rings. The van der Waals surface area contributed by atoms with Crippen LogP contribution < -0.4 is 5.56 Å². The molecule has 0 saturated heterocycles. The van der Waals surface area contributed by atoms with E-state index in [0.29, 0.717) is 0 Å². The zero-order chi connectivity index (χ0) is 15.6. The lowest BCUT2D eigenvalue weighted by atomic mass is 9.99. The molecular formula is C20H13NOS. The summed E-state index contributed by atoms with van der Waals surface area (Å²) >= 11 is 1.58. The molecule has 2 nitrogen and oxygen atoms in total. The van der Waals surface area contributed by atoms with Gasteiger partial charge in [-0.15, -0.1) is 11.3 Å². The number of benzene rings is 3. The normalized spacial score (nSPS) is 11.9. The van der Waals surface area contributed by atoms with Crippen LogP contribution in [0.5, 0.6) is 0 Å². The Morgan fingerprint density at radius 2 is 1.74 bits per heavy atom. The van der Waals surface area contributed by atoms with Crippen molar-refractivity contribution in [1.29, 1.82) is 0 Å². The lowest BCUT2D eigenvalue weighted by Crippen LogP contribution is -2.04. The molecular weight excluding hydrogens is 302 g/mol. The number of aromatic nitrogens is 1. The summed E-state index contributed by atoms with van der Waals surface area (Å²) in [5.41, 5.74) is 2.11. The highest BCUT2D eigenvalue weighted by Gasteiger charge is 2.15. The number of aromatic amines is 1. The second kappa shape index (κ2) is 4.43. The van der Waals surface area contributed by atoms with Gasteiger partial charge >= 0.3 is 0 Å². The van der Waals surface area contributed by atoms with E-state index in [9.17, 15) is 4.79 Å². The van der Waals surface area contributed by atoms with E-state index in [2.05, 4.69) is 54.4 Å². The van der Waals surface area contributed by atoms with Crippen LogP contribution in [0.25, 0.3) is 41.8 Å². The van der Waals surface area contributed by atoms with E-state index in [4.69, 9.17) is 0 Å². The van der Waals surface area contributed by atoms with Gasteiger partial charge in [0.25, 0.3) is 5.56 Å². The van der Waals surface area contributed by atoms with Gasteiger partial charge in [-0.3, -0.25) is 4.79 Å². The van der Waals surface area contributed by atoms with Crippen molar-refractivity contribution in [3.8, 4) is 0 Å². The molecule has 0 atom stereocenters. The van der Waals surface area contributed by atoms with Crippen LogP contribution in [-0.4, -0.2) is 4.98 Å². The smallest absolute Gasteiger partial charge is 0.266 e. The van der Waals surface area contributed by atoms with Crippen LogP contribution in [0.15, 0.2) is 59.4 Å². The van der Waals surface area contributed by atoms with Crippen LogP contribution >= 0.6 is 11.3 Å². The van der Waals surface area contributed by atoms with Crippen LogP contribution in [0.3, 0.4) is 0 Å². The number of H-pyrrole nitrogens is 1. The highest BCUT2D eigenvalue weighted by atomic mass is 32.1. The fourth-order valence-corrected chi connectivity index (χ4v) is 4.67. The molecule has 110 valence electrons. The van der Waals surface area contributed by atoms with Gasteiger partial charge in [0, 0.05) is 26.4 Å². The van der Waals surface area contributed by atoms with Gasteiger partial charge in [-0.1, -0.05) is 42.5 Å². The third kappa shape index (κ3) is 1.65. The molecule has 0 amide bonds. The molecule has 0 spiro atoms. The van der Waals surface area contributed by atoms with Crippen molar-refractivity contribution in [2.75, 3.05) is 0 Å². The van der Waals surface area contributed by atoms with Gasteiger partial charge in [0.05, 0.1) is 0 Å². The average molecular weight is 315 g/mol. The SMILES string of the molecule is Cc1cccc2[nH]c(=O)c3sc4ccc5ccccc5c4c3c12. The van der Waals surface area contributed by atoms with E-state index in [-0.39, 0.29) is 5.56 Å². The Labute approximate surface area is 136 Å². The monoisotopic (exact) mass is 315 g/mol. The minimum Gasteiger partial charge on any atom is -0.321 e. The van der Waals surface area contributed by atoms with E-state index >= 15 is 0 Å². The lowest BCUT2D eigenvalue weighted by Gasteiger charge is -2.05. The van der Waals surface area contributed by atoms with Gasteiger partial charge in [-0.2, -0.15) is 0 Å². The Morgan fingerprint density at radius 3 is 2.65 bits per heavy atom. The summed E-state index contributed by atoms with van der Waals surface area (Å²) in [5, 5.41) is 5.88. The molecule has 0 aliphatic heterocycles. The second-order valence-corrected chi connectivity index (χ2v) is 6.97. The summed E-state index contributed by atoms with van der Waals surface area (Å²) in [4.78, 5) is 15.6. The molecule has 0 unspecified atom stereocenters. The fraction of sp³-hybridized carbons (Fsp3) is 0.0500. The van der Waals surface area contributed by atoms with E-state index in [1.54, 1.807) is 11.3 Å².